The van der Waals surface area contributed by atoms with Gasteiger partial charge in [0.15, 0.2) is 0 Å². The Balaban J connectivity index is 1.94. The van der Waals surface area contributed by atoms with E-state index in [1.165, 1.54) is 17.9 Å². The lowest BCUT2D eigenvalue weighted by atomic mass is 9.90. The summed E-state index contributed by atoms with van der Waals surface area (Å²) in [4.78, 5) is 65.9. The van der Waals surface area contributed by atoms with Crippen LogP contribution in [0.3, 0.4) is 0 Å². The molecular formula is C24H21N3O6. The molecule has 2 aromatic rings. The number of carbonyl (C=O) groups excluding carboxylic acids is 5. The van der Waals surface area contributed by atoms with E-state index in [9.17, 15) is 24.0 Å². The minimum atomic E-state index is -0.993. The van der Waals surface area contributed by atoms with E-state index in [-0.39, 0.29) is 28.3 Å². The van der Waals surface area contributed by atoms with Crippen LogP contribution < -0.4 is 15.1 Å². The second kappa shape index (κ2) is 8.34. The molecule has 1 atom stereocenters. The van der Waals surface area contributed by atoms with E-state index in [4.69, 9.17) is 0 Å². The molecule has 1 fully saturated rings. The fraction of sp³-hybridized carbons (Fsp3) is 0.208. The van der Waals surface area contributed by atoms with Crippen LogP contribution in [0.2, 0.25) is 0 Å². The first kappa shape index (κ1) is 21.9. The van der Waals surface area contributed by atoms with E-state index < -0.39 is 29.7 Å². The average Bonchev–Trinajstić information content (AvgIpc) is 3.07. The highest BCUT2D eigenvalue weighted by molar-refractivity contribution is 6.36. The van der Waals surface area contributed by atoms with Crippen molar-refractivity contribution < 1.29 is 28.7 Å². The largest absolute Gasteiger partial charge is 0.453 e. The first-order valence-corrected chi connectivity index (χ1v) is 10.3. The minimum Gasteiger partial charge on any atom is -0.453 e. The standard InChI is InChI=1S/C24H21N3O6/c1-4-14-9-10-17(26-12-11-18(26)28)20(19(14)13(2)21(29)25-24(32)33-3)27-22(30)15-7-5-6-8-16(15)23(27)31/h4-10,13H,1,11-12H2,2-3H3,(H,25,29,32)/t13-/m0/s1. The van der Waals surface area contributed by atoms with Gasteiger partial charge in [0.05, 0.1) is 35.5 Å². The zero-order chi connectivity index (χ0) is 23.9. The molecule has 0 saturated carbocycles. The predicted octanol–water partition coefficient (Wildman–Crippen LogP) is 2.85. The number of hydrogen-bond donors (Lipinski definition) is 1. The fourth-order valence-corrected chi connectivity index (χ4v) is 4.05. The van der Waals surface area contributed by atoms with E-state index in [0.717, 1.165) is 12.0 Å². The monoisotopic (exact) mass is 447 g/mol. The van der Waals surface area contributed by atoms with Gasteiger partial charge in [0, 0.05) is 13.0 Å². The van der Waals surface area contributed by atoms with Gasteiger partial charge in [-0.1, -0.05) is 30.9 Å². The number of methoxy groups -OCH3 is 1. The molecule has 2 aliphatic heterocycles. The summed E-state index contributed by atoms with van der Waals surface area (Å²) in [5.74, 6) is -2.99. The van der Waals surface area contributed by atoms with Gasteiger partial charge in [-0.2, -0.15) is 0 Å². The van der Waals surface area contributed by atoms with Gasteiger partial charge < -0.3 is 9.64 Å². The number of carbonyl (C=O) groups is 5. The van der Waals surface area contributed by atoms with Crippen LogP contribution in [0.1, 0.15) is 51.1 Å². The zero-order valence-electron chi connectivity index (χ0n) is 18.1. The molecule has 0 aliphatic carbocycles. The zero-order valence-corrected chi connectivity index (χ0v) is 18.1. The van der Waals surface area contributed by atoms with Crippen molar-refractivity contribution in [1.82, 2.24) is 5.32 Å². The first-order valence-electron chi connectivity index (χ1n) is 10.3. The van der Waals surface area contributed by atoms with Crippen LogP contribution in [0.5, 0.6) is 0 Å². The minimum absolute atomic E-state index is 0.124. The smallest absolute Gasteiger partial charge is 0.413 e. The maximum atomic E-state index is 13.3. The maximum absolute atomic E-state index is 13.3. The number of anilines is 2. The molecule has 9 nitrogen and oxygen atoms in total. The first-order chi connectivity index (χ1) is 15.8. The molecule has 2 heterocycles. The Morgan fingerprint density at radius 1 is 1.09 bits per heavy atom. The number of nitrogens with zero attached hydrogens (tertiary/aromatic N) is 2. The van der Waals surface area contributed by atoms with Gasteiger partial charge in [0.25, 0.3) is 11.8 Å². The number of rotatable bonds is 5. The predicted molar refractivity (Wildman–Crippen MR) is 120 cm³/mol. The Kier molecular flexibility index (Phi) is 5.55. The molecular weight excluding hydrogens is 426 g/mol. The summed E-state index contributed by atoms with van der Waals surface area (Å²) in [7, 11) is 1.13. The number of nitrogens with one attached hydrogen (secondary N) is 1. The molecule has 0 spiro atoms. The van der Waals surface area contributed by atoms with E-state index in [2.05, 4.69) is 16.6 Å². The van der Waals surface area contributed by atoms with Crippen LogP contribution in [0, 0.1) is 0 Å². The lowest BCUT2D eigenvalue weighted by Gasteiger charge is -2.35. The van der Waals surface area contributed by atoms with Gasteiger partial charge in [-0.25, -0.2) is 9.69 Å². The molecule has 1 N–H and O–H groups in total. The number of alkyl carbamates (subject to hydrolysis) is 1. The van der Waals surface area contributed by atoms with Crippen molar-refractivity contribution in [3.63, 3.8) is 0 Å². The van der Waals surface area contributed by atoms with Crippen LogP contribution in [-0.4, -0.2) is 43.4 Å². The molecule has 0 aromatic heterocycles. The summed E-state index contributed by atoms with van der Waals surface area (Å²) in [6.07, 6.45) is 0.877. The van der Waals surface area contributed by atoms with Gasteiger partial charge in [-0.15, -0.1) is 0 Å². The number of imide groups is 2. The summed E-state index contributed by atoms with van der Waals surface area (Å²) in [6.45, 7) is 5.73. The van der Waals surface area contributed by atoms with Crippen molar-refractivity contribution in [3.8, 4) is 0 Å². The normalized spacial score (nSPS) is 15.6. The highest BCUT2D eigenvalue weighted by Crippen LogP contribution is 2.44. The van der Waals surface area contributed by atoms with Crippen LogP contribution in [-0.2, 0) is 14.3 Å². The van der Waals surface area contributed by atoms with E-state index in [0.29, 0.717) is 24.2 Å². The number of amides is 5. The van der Waals surface area contributed by atoms with Crippen molar-refractivity contribution in [3.05, 3.63) is 65.2 Å². The lowest BCUT2D eigenvalue weighted by molar-refractivity contribution is -0.122. The molecule has 9 heteroatoms. The molecule has 4 rings (SSSR count). The Hall–Kier alpha value is -4.27. The third-order valence-corrected chi connectivity index (χ3v) is 5.85. The van der Waals surface area contributed by atoms with Gasteiger partial charge in [-0.3, -0.25) is 24.5 Å². The molecule has 0 unspecified atom stereocenters. The summed E-state index contributed by atoms with van der Waals surface area (Å²) >= 11 is 0. The number of β-lactam (4-membered cyclic amide) rings is 1. The molecule has 33 heavy (non-hydrogen) atoms. The van der Waals surface area contributed by atoms with Crippen molar-refractivity contribution in [1.29, 1.82) is 0 Å². The second-order valence-corrected chi connectivity index (χ2v) is 7.63. The van der Waals surface area contributed by atoms with Gasteiger partial charge in [0.1, 0.15) is 0 Å². The molecule has 0 bridgehead atoms. The third kappa shape index (κ3) is 3.47. The van der Waals surface area contributed by atoms with E-state index in [1.807, 2.05) is 0 Å². The average molecular weight is 447 g/mol. The Morgan fingerprint density at radius 3 is 2.21 bits per heavy atom. The SMILES string of the molecule is C=Cc1ccc(N2CCC2=O)c(N2C(=O)c3ccccc3C2=O)c1[C@H](C)C(=O)NC(=O)OC. The quantitative estimate of drug-likeness (QED) is 0.557. The molecule has 2 aliphatic rings. The molecule has 1 saturated heterocycles. The fourth-order valence-electron chi connectivity index (χ4n) is 4.05. The summed E-state index contributed by atoms with van der Waals surface area (Å²) in [5.41, 5.74) is 1.68. The molecule has 5 amide bonds. The van der Waals surface area contributed by atoms with Crippen molar-refractivity contribution >= 4 is 47.2 Å². The van der Waals surface area contributed by atoms with Crippen LogP contribution >= 0.6 is 0 Å². The van der Waals surface area contributed by atoms with Gasteiger partial charge >= 0.3 is 6.09 Å². The van der Waals surface area contributed by atoms with E-state index in [1.54, 1.807) is 36.4 Å². The van der Waals surface area contributed by atoms with Crippen LogP contribution in [0.15, 0.2) is 43.0 Å². The number of hydrogen-bond acceptors (Lipinski definition) is 6. The van der Waals surface area contributed by atoms with Crippen molar-refractivity contribution in [2.45, 2.75) is 19.3 Å². The molecule has 168 valence electrons. The van der Waals surface area contributed by atoms with Crippen LogP contribution in [0.25, 0.3) is 6.08 Å². The topological polar surface area (TPSA) is 113 Å². The summed E-state index contributed by atoms with van der Waals surface area (Å²) in [5, 5.41) is 2.12. The van der Waals surface area contributed by atoms with Crippen molar-refractivity contribution in [2.24, 2.45) is 0 Å². The van der Waals surface area contributed by atoms with Gasteiger partial charge in [-0.05, 0) is 36.2 Å². The highest BCUT2D eigenvalue weighted by atomic mass is 16.5. The van der Waals surface area contributed by atoms with Crippen molar-refractivity contribution in [2.75, 3.05) is 23.5 Å². The Morgan fingerprint density at radius 2 is 1.73 bits per heavy atom. The maximum Gasteiger partial charge on any atom is 0.413 e. The van der Waals surface area contributed by atoms with E-state index >= 15 is 0 Å². The summed E-state index contributed by atoms with van der Waals surface area (Å²) in [6, 6.07) is 9.69. The number of benzene rings is 2. The third-order valence-electron chi connectivity index (χ3n) is 5.85. The highest BCUT2D eigenvalue weighted by Gasteiger charge is 2.42. The Labute approximate surface area is 189 Å². The molecule has 0 radical (unpaired) electrons. The summed E-state index contributed by atoms with van der Waals surface area (Å²) < 4.78 is 4.51. The Bertz CT molecular complexity index is 1200. The lowest BCUT2D eigenvalue weighted by Crippen LogP contribution is -2.45. The number of ether oxygens (including phenoxy) is 1. The van der Waals surface area contributed by atoms with Crippen LogP contribution in [0.4, 0.5) is 16.2 Å². The van der Waals surface area contributed by atoms with Gasteiger partial charge in [0.2, 0.25) is 11.8 Å². The molecule has 2 aromatic carbocycles. The number of fused-ring (bicyclic) bond motifs is 1. The second-order valence-electron chi connectivity index (χ2n) is 7.63.